The molecule has 9 heavy (non-hydrogen) atoms. The molecular weight excluding hydrogens is 136 g/mol. The molecule has 2 nitrogen and oxygen atoms in total. The number of benzene rings is 1. The summed E-state index contributed by atoms with van der Waals surface area (Å²) >= 11 is 0.105. The van der Waals surface area contributed by atoms with E-state index < -0.39 is 0 Å². The highest BCUT2D eigenvalue weighted by Gasteiger charge is 1.99. The second kappa shape index (κ2) is 3.14. The van der Waals surface area contributed by atoms with Crippen LogP contribution in [0, 0.1) is 0 Å². The van der Waals surface area contributed by atoms with E-state index >= 15 is 0 Å². The molecule has 0 amide bonds. The van der Waals surface area contributed by atoms with E-state index in [4.69, 9.17) is 0 Å². The minimum atomic E-state index is 0.105. The van der Waals surface area contributed by atoms with E-state index in [1.807, 2.05) is 18.2 Å². The average molecular weight is 141 g/mol. The quantitative estimate of drug-likeness (QED) is 0.459. The maximum Gasteiger partial charge on any atom is 0.759 e. The first-order chi connectivity index (χ1) is 4.43. The predicted molar refractivity (Wildman–Crippen MR) is 35.1 cm³/mol. The summed E-state index contributed by atoms with van der Waals surface area (Å²) in [7, 11) is 0. The van der Waals surface area contributed by atoms with Gasteiger partial charge in [0.1, 0.15) is 0 Å². The van der Waals surface area contributed by atoms with Crippen molar-refractivity contribution in [2.24, 2.45) is 0 Å². The van der Waals surface area contributed by atoms with Crippen molar-refractivity contribution in [1.29, 1.82) is 0 Å². The molecule has 0 bridgehead atoms. The highest BCUT2D eigenvalue weighted by atomic mass is 32.2. The second-order valence-electron chi connectivity index (χ2n) is 1.46. The fourth-order valence-electron chi connectivity index (χ4n) is 0.515. The molecule has 1 aromatic carbocycles. The Labute approximate surface area is 57.2 Å². The molecule has 0 aliphatic heterocycles. The summed E-state index contributed by atoms with van der Waals surface area (Å²) in [6.45, 7) is 0. The van der Waals surface area contributed by atoms with Gasteiger partial charge in [-0.25, -0.2) is 0 Å². The zero-order chi connectivity index (χ0) is 6.53. The van der Waals surface area contributed by atoms with Gasteiger partial charge in [0.05, 0.1) is 4.21 Å². The van der Waals surface area contributed by atoms with Gasteiger partial charge in [-0.05, 0) is 12.1 Å². The average Bonchev–Trinajstić information content (AvgIpc) is 1.91. The number of hydrogen-bond acceptors (Lipinski definition) is 2. The van der Waals surface area contributed by atoms with Gasteiger partial charge < -0.3 is 0 Å². The van der Waals surface area contributed by atoms with E-state index in [-0.39, 0.29) is 11.9 Å². The third-order valence-corrected chi connectivity index (χ3v) is 1.13. The molecule has 0 aromatic heterocycles. The van der Waals surface area contributed by atoms with E-state index in [2.05, 4.69) is 4.18 Å². The van der Waals surface area contributed by atoms with Crippen molar-refractivity contribution in [2.75, 3.05) is 0 Å². The van der Waals surface area contributed by atoms with Crippen molar-refractivity contribution in [3.63, 3.8) is 0 Å². The molecular formula is C6H5O2S+. The molecule has 0 aliphatic rings. The van der Waals surface area contributed by atoms with E-state index in [0.29, 0.717) is 5.75 Å². The van der Waals surface area contributed by atoms with Gasteiger partial charge in [0.2, 0.25) is 5.75 Å². The minimum Gasteiger partial charge on any atom is -0.173 e. The predicted octanol–water partition coefficient (Wildman–Crippen LogP) is 1.41. The van der Waals surface area contributed by atoms with Crippen LogP contribution in [0.2, 0.25) is 0 Å². The summed E-state index contributed by atoms with van der Waals surface area (Å²) in [5, 5.41) is 0. The SMILES string of the molecule is O=[S+]Oc1ccccc1. The van der Waals surface area contributed by atoms with Gasteiger partial charge in [-0.2, -0.15) is 4.18 Å². The molecule has 0 spiro atoms. The molecule has 46 valence electrons. The van der Waals surface area contributed by atoms with Crippen molar-refractivity contribution >= 4 is 11.9 Å². The first-order valence-corrected chi connectivity index (χ1v) is 3.11. The molecule has 3 heteroatoms. The van der Waals surface area contributed by atoms with E-state index in [0.717, 1.165) is 0 Å². The Morgan fingerprint density at radius 1 is 1.22 bits per heavy atom. The van der Waals surface area contributed by atoms with Crippen LogP contribution in [0.5, 0.6) is 5.75 Å². The topological polar surface area (TPSA) is 26.3 Å². The lowest BCUT2D eigenvalue weighted by atomic mass is 10.3. The monoisotopic (exact) mass is 141 g/mol. The molecule has 0 unspecified atom stereocenters. The third-order valence-electron chi connectivity index (χ3n) is 0.873. The van der Waals surface area contributed by atoms with Crippen molar-refractivity contribution in [3.05, 3.63) is 30.3 Å². The molecule has 0 fully saturated rings. The molecule has 0 heterocycles. The zero-order valence-corrected chi connectivity index (χ0v) is 5.43. The van der Waals surface area contributed by atoms with Crippen LogP contribution in [0.1, 0.15) is 0 Å². The van der Waals surface area contributed by atoms with Crippen LogP contribution >= 0.6 is 0 Å². The Balaban J connectivity index is 2.72. The fourth-order valence-corrected chi connectivity index (χ4v) is 0.705. The fraction of sp³-hybridized carbons (Fsp3) is 0. The summed E-state index contributed by atoms with van der Waals surface area (Å²) in [6, 6.07) is 8.94. The van der Waals surface area contributed by atoms with Crippen molar-refractivity contribution < 1.29 is 8.39 Å². The van der Waals surface area contributed by atoms with E-state index in [9.17, 15) is 4.21 Å². The lowest BCUT2D eigenvalue weighted by molar-refractivity contribution is 0.538. The largest absolute Gasteiger partial charge is 0.759 e. The van der Waals surface area contributed by atoms with Gasteiger partial charge >= 0.3 is 11.9 Å². The summed E-state index contributed by atoms with van der Waals surface area (Å²) in [5.41, 5.74) is 0. The summed E-state index contributed by atoms with van der Waals surface area (Å²) in [5.74, 6) is 0.595. The Kier molecular flexibility index (Phi) is 2.15. The van der Waals surface area contributed by atoms with Gasteiger partial charge in [0.25, 0.3) is 0 Å². The van der Waals surface area contributed by atoms with Crippen molar-refractivity contribution in [2.45, 2.75) is 0 Å². The molecule has 1 aromatic rings. The smallest absolute Gasteiger partial charge is 0.173 e. The first kappa shape index (κ1) is 6.16. The maximum atomic E-state index is 9.79. The van der Waals surface area contributed by atoms with Crippen LogP contribution in [0.15, 0.2) is 30.3 Å². The Hall–Kier alpha value is -0.960. The van der Waals surface area contributed by atoms with Crippen LogP contribution in [0.25, 0.3) is 0 Å². The number of rotatable bonds is 2. The van der Waals surface area contributed by atoms with Crippen LogP contribution in [0.3, 0.4) is 0 Å². The van der Waals surface area contributed by atoms with Crippen molar-refractivity contribution in [1.82, 2.24) is 0 Å². The summed E-state index contributed by atoms with van der Waals surface area (Å²) in [4.78, 5) is 0. The molecule has 0 atom stereocenters. The number of para-hydroxylation sites is 1. The molecule has 0 aliphatic carbocycles. The Bertz CT molecular complexity index is 186. The van der Waals surface area contributed by atoms with Crippen LogP contribution in [0.4, 0.5) is 0 Å². The van der Waals surface area contributed by atoms with Crippen molar-refractivity contribution in [3.8, 4) is 5.75 Å². The second-order valence-corrected chi connectivity index (χ2v) is 1.77. The first-order valence-electron chi connectivity index (χ1n) is 2.45. The Morgan fingerprint density at radius 3 is 2.44 bits per heavy atom. The molecule has 0 saturated carbocycles. The lowest BCUT2D eigenvalue weighted by Gasteiger charge is -1.81. The molecule has 1 rings (SSSR count). The normalized spacial score (nSPS) is 8.44. The van der Waals surface area contributed by atoms with Gasteiger partial charge in [0, 0.05) is 0 Å². The van der Waals surface area contributed by atoms with Gasteiger partial charge in [-0.15, -0.1) is 0 Å². The summed E-state index contributed by atoms with van der Waals surface area (Å²) in [6.07, 6.45) is 0. The maximum absolute atomic E-state index is 9.79. The van der Waals surface area contributed by atoms with Crippen LogP contribution in [-0.2, 0) is 16.2 Å². The zero-order valence-electron chi connectivity index (χ0n) is 4.61. The van der Waals surface area contributed by atoms with E-state index in [1.54, 1.807) is 12.1 Å². The van der Waals surface area contributed by atoms with Crippen LogP contribution in [-0.4, -0.2) is 0 Å². The van der Waals surface area contributed by atoms with E-state index in [1.165, 1.54) is 0 Å². The molecule has 0 N–H and O–H groups in total. The standard InChI is InChI=1S/C6H5O2S/c7-9-8-6-4-2-1-3-5-6/h1-5H/q+1. The third kappa shape index (κ3) is 1.77. The Morgan fingerprint density at radius 2 is 1.89 bits per heavy atom. The molecule has 0 radical (unpaired) electrons. The minimum absolute atomic E-state index is 0.105. The summed E-state index contributed by atoms with van der Waals surface area (Å²) < 4.78 is 14.4. The highest BCUT2D eigenvalue weighted by molar-refractivity contribution is 7.60. The lowest BCUT2D eigenvalue weighted by Crippen LogP contribution is -1.80. The highest BCUT2D eigenvalue weighted by Crippen LogP contribution is 2.06. The van der Waals surface area contributed by atoms with Crippen LogP contribution < -0.4 is 4.18 Å². The van der Waals surface area contributed by atoms with Gasteiger partial charge in [-0.3, -0.25) is 0 Å². The molecule has 0 saturated heterocycles. The van der Waals surface area contributed by atoms with Gasteiger partial charge in [0.15, 0.2) is 0 Å². The number of hydrogen-bond donors (Lipinski definition) is 0. The van der Waals surface area contributed by atoms with Gasteiger partial charge in [-0.1, -0.05) is 18.2 Å².